The summed E-state index contributed by atoms with van der Waals surface area (Å²) in [4.78, 5) is 11.5. The minimum absolute atomic E-state index is 0.0756. The molecule has 0 aromatic heterocycles. The van der Waals surface area contributed by atoms with E-state index < -0.39 is 10.0 Å². The Balaban J connectivity index is 1.74. The lowest BCUT2D eigenvalue weighted by Gasteiger charge is -2.37. The summed E-state index contributed by atoms with van der Waals surface area (Å²) < 4.78 is 32.5. The van der Waals surface area contributed by atoms with Crippen molar-refractivity contribution in [1.82, 2.24) is 9.62 Å². The number of Topliss-reactive ketones (excluding diaryl/α,β-unsaturated/α-hetero) is 1. The van der Waals surface area contributed by atoms with Gasteiger partial charge < -0.3 is 4.74 Å². The van der Waals surface area contributed by atoms with Gasteiger partial charge in [-0.1, -0.05) is 12.1 Å². The molecule has 0 unspecified atom stereocenters. The maximum Gasteiger partial charge on any atom is 0.243 e. The predicted molar refractivity (Wildman–Crippen MR) is 81.1 cm³/mol. The van der Waals surface area contributed by atoms with E-state index in [9.17, 15) is 13.2 Å². The molecule has 2 fully saturated rings. The molecule has 0 amide bonds. The van der Waals surface area contributed by atoms with Crippen molar-refractivity contribution < 1.29 is 17.9 Å². The number of rotatable bonds is 3. The molecular weight excluding hydrogens is 304 g/mol. The molecule has 2 heterocycles. The Kier molecular flexibility index (Phi) is 4.07. The molecule has 0 radical (unpaired) electrons. The maximum absolute atomic E-state index is 12.7. The molecule has 0 atom stereocenters. The minimum atomic E-state index is -3.51. The lowest BCUT2D eigenvalue weighted by molar-refractivity contribution is -0.0445. The molecule has 1 N–H and O–H groups in total. The minimum Gasteiger partial charge on any atom is -0.359 e. The van der Waals surface area contributed by atoms with Gasteiger partial charge in [0.05, 0.1) is 11.5 Å². The summed E-state index contributed by atoms with van der Waals surface area (Å²) >= 11 is 0. The highest BCUT2D eigenvalue weighted by atomic mass is 32.2. The Morgan fingerprint density at radius 2 is 1.86 bits per heavy atom. The number of nitrogens with one attached hydrogen (secondary N) is 1. The summed E-state index contributed by atoms with van der Waals surface area (Å²) in [5.74, 6) is -0.0756. The number of benzene rings is 1. The predicted octanol–water partition coefficient (Wildman–Crippen LogP) is 0.990. The first-order valence-electron chi connectivity index (χ1n) is 7.43. The molecule has 2 aliphatic rings. The van der Waals surface area contributed by atoms with Crippen LogP contribution in [0.2, 0.25) is 0 Å². The highest BCUT2D eigenvalue weighted by molar-refractivity contribution is 7.89. The van der Waals surface area contributed by atoms with Crippen molar-refractivity contribution in [2.75, 3.05) is 26.2 Å². The van der Waals surface area contributed by atoms with Crippen LogP contribution < -0.4 is 5.32 Å². The van der Waals surface area contributed by atoms with E-state index in [0.29, 0.717) is 38.1 Å². The van der Waals surface area contributed by atoms with Crippen LogP contribution in [0.15, 0.2) is 29.2 Å². The fraction of sp³-hybridized carbons (Fsp3) is 0.533. The van der Waals surface area contributed by atoms with Crippen LogP contribution in [0.3, 0.4) is 0 Å². The molecule has 120 valence electrons. The van der Waals surface area contributed by atoms with Crippen molar-refractivity contribution in [2.45, 2.75) is 30.4 Å². The Labute approximate surface area is 130 Å². The number of hydrogen-bond acceptors (Lipinski definition) is 5. The van der Waals surface area contributed by atoms with E-state index in [1.165, 1.54) is 23.4 Å². The van der Waals surface area contributed by atoms with Crippen LogP contribution in [0.4, 0.5) is 0 Å². The van der Waals surface area contributed by atoms with E-state index in [4.69, 9.17) is 4.74 Å². The molecule has 7 heteroatoms. The zero-order chi connectivity index (χ0) is 15.8. The smallest absolute Gasteiger partial charge is 0.243 e. The van der Waals surface area contributed by atoms with E-state index in [-0.39, 0.29) is 16.4 Å². The van der Waals surface area contributed by atoms with Gasteiger partial charge in [-0.05, 0) is 19.1 Å². The molecule has 3 rings (SSSR count). The van der Waals surface area contributed by atoms with Crippen molar-refractivity contribution in [3.05, 3.63) is 29.8 Å². The summed E-state index contributed by atoms with van der Waals surface area (Å²) in [6, 6.07) is 6.12. The van der Waals surface area contributed by atoms with Crippen molar-refractivity contribution in [3.63, 3.8) is 0 Å². The van der Waals surface area contributed by atoms with Crippen molar-refractivity contribution in [3.8, 4) is 0 Å². The Hall–Kier alpha value is -1.28. The fourth-order valence-electron chi connectivity index (χ4n) is 3.00. The standard InChI is InChI=1S/C15H20N2O4S/c1-12(18)13-2-4-14(5-3-13)22(19,20)17-9-6-15(7-10-17)16-8-11-21-15/h2-5,16H,6-11H2,1H3. The van der Waals surface area contributed by atoms with Crippen molar-refractivity contribution in [1.29, 1.82) is 0 Å². The van der Waals surface area contributed by atoms with Gasteiger partial charge in [-0.15, -0.1) is 0 Å². The molecule has 0 bridgehead atoms. The largest absolute Gasteiger partial charge is 0.359 e. The van der Waals surface area contributed by atoms with E-state index in [0.717, 1.165) is 6.54 Å². The van der Waals surface area contributed by atoms with Gasteiger partial charge in [0.15, 0.2) is 5.78 Å². The SMILES string of the molecule is CC(=O)c1ccc(S(=O)(=O)N2CCC3(CC2)NCCO3)cc1. The molecule has 1 spiro atoms. The van der Waals surface area contributed by atoms with Gasteiger partial charge in [0.1, 0.15) is 5.72 Å². The van der Waals surface area contributed by atoms with E-state index in [1.54, 1.807) is 12.1 Å². The summed E-state index contributed by atoms with van der Waals surface area (Å²) in [5.41, 5.74) is 0.171. The van der Waals surface area contributed by atoms with E-state index >= 15 is 0 Å². The molecule has 1 aromatic rings. The molecule has 1 aromatic carbocycles. The average Bonchev–Trinajstić information content (AvgIpc) is 2.96. The second kappa shape index (κ2) is 5.73. The van der Waals surface area contributed by atoms with Gasteiger partial charge in [-0.3, -0.25) is 10.1 Å². The Morgan fingerprint density at radius 1 is 1.23 bits per heavy atom. The number of piperidine rings is 1. The normalized spacial score (nSPS) is 22.0. The fourth-order valence-corrected chi connectivity index (χ4v) is 4.44. The lowest BCUT2D eigenvalue weighted by Crippen LogP contribution is -2.52. The molecular formula is C15H20N2O4S. The zero-order valence-corrected chi connectivity index (χ0v) is 13.4. The van der Waals surface area contributed by atoms with Gasteiger partial charge in [-0.25, -0.2) is 8.42 Å². The zero-order valence-electron chi connectivity index (χ0n) is 12.5. The second-order valence-electron chi connectivity index (χ2n) is 5.75. The van der Waals surface area contributed by atoms with Crippen LogP contribution in [0.25, 0.3) is 0 Å². The number of ether oxygens (including phenoxy) is 1. The van der Waals surface area contributed by atoms with Crippen LogP contribution in [0.5, 0.6) is 0 Å². The first-order chi connectivity index (χ1) is 10.4. The first kappa shape index (κ1) is 15.6. The molecule has 0 aliphatic carbocycles. The molecule has 6 nitrogen and oxygen atoms in total. The highest BCUT2D eigenvalue weighted by Crippen LogP contribution is 2.29. The lowest BCUT2D eigenvalue weighted by atomic mass is 10.0. The number of sulfonamides is 1. The van der Waals surface area contributed by atoms with Gasteiger partial charge in [0.25, 0.3) is 0 Å². The van der Waals surface area contributed by atoms with E-state index in [2.05, 4.69) is 5.32 Å². The summed E-state index contributed by atoms with van der Waals surface area (Å²) in [6.07, 6.45) is 1.30. The number of hydrogen-bond donors (Lipinski definition) is 1. The summed E-state index contributed by atoms with van der Waals surface area (Å²) in [5, 5.41) is 3.32. The third-order valence-electron chi connectivity index (χ3n) is 4.36. The van der Waals surface area contributed by atoms with Crippen molar-refractivity contribution >= 4 is 15.8 Å². The number of carbonyl (C=O) groups is 1. The number of carbonyl (C=O) groups excluding carboxylic acids is 1. The van der Waals surface area contributed by atoms with Gasteiger partial charge in [-0.2, -0.15) is 4.31 Å². The quantitative estimate of drug-likeness (QED) is 0.839. The van der Waals surface area contributed by atoms with E-state index in [1.807, 2.05) is 0 Å². The Bertz CT molecular complexity index is 653. The van der Waals surface area contributed by atoms with Crippen LogP contribution in [-0.2, 0) is 14.8 Å². The molecule has 2 aliphatic heterocycles. The van der Waals surface area contributed by atoms with Gasteiger partial charge in [0, 0.05) is 38.0 Å². The third kappa shape index (κ3) is 2.81. The molecule has 2 saturated heterocycles. The first-order valence-corrected chi connectivity index (χ1v) is 8.87. The maximum atomic E-state index is 12.7. The third-order valence-corrected chi connectivity index (χ3v) is 6.27. The molecule has 0 saturated carbocycles. The second-order valence-corrected chi connectivity index (χ2v) is 7.69. The molecule has 22 heavy (non-hydrogen) atoms. The number of ketones is 1. The van der Waals surface area contributed by atoms with Crippen LogP contribution in [-0.4, -0.2) is 50.5 Å². The van der Waals surface area contributed by atoms with Gasteiger partial charge in [0.2, 0.25) is 10.0 Å². The highest BCUT2D eigenvalue weighted by Gasteiger charge is 2.41. The van der Waals surface area contributed by atoms with Crippen molar-refractivity contribution in [2.24, 2.45) is 0 Å². The van der Waals surface area contributed by atoms with Crippen LogP contribution in [0.1, 0.15) is 30.1 Å². The monoisotopic (exact) mass is 324 g/mol. The summed E-state index contributed by atoms with van der Waals surface area (Å²) in [7, 11) is -3.51. The van der Waals surface area contributed by atoms with Gasteiger partial charge >= 0.3 is 0 Å². The topological polar surface area (TPSA) is 75.7 Å². The number of nitrogens with zero attached hydrogens (tertiary/aromatic N) is 1. The van der Waals surface area contributed by atoms with Crippen LogP contribution >= 0.6 is 0 Å². The van der Waals surface area contributed by atoms with Crippen LogP contribution in [0, 0.1) is 0 Å². The summed E-state index contributed by atoms with van der Waals surface area (Å²) in [6.45, 7) is 3.83. The average molecular weight is 324 g/mol. The Morgan fingerprint density at radius 3 is 2.36 bits per heavy atom.